The Balaban J connectivity index is 1.74. The molecule has 26 heavy (non-hydrogen) atoms. The maximum Gasteiger partial charge on any atom is 0.195 e. The molecular formula is C20H34N4O2. The number of guanidine groups is 1. The number of nitrogens with one attached hydrogen (secondary N) is 2. The van der Waals surface area contributed by atoms with Gasteiger partial charge in [0.25, 0.3) is 0 Å². The number of rotatable bonds is 9. The minimum atomic E-state index is 0.653. The summed E-state index contributed by atoms with van der Waals surface area (Å²) in [4.78, 5) is 6.86. The first kappa shape index (κ1) is 20.5. The summed E-state index contributed by atoms with van der Waals surface area (Å²) in [7, 11) is 3.50. The molecule has 2 rings (SSSR count). The number of hydrogen-bond acceptors (Lipinski definition) is 4. The zero-order chi connectivity index (χ0) is 18.5. The van der Waals surface area contributed by atoms with Crippen LogP contribution in [0.1, 0.15) is 32.1 Å². The van der Waals surface area contributed by atoms with E-state index in [1.165, 1.54) is 38.8 Å². The lowest BCUT2D eigenvalue weighted by atomic mass is 10.2. The summed E-state index contributed by atoms with van der Waals surface area (Å²) in [5.41, 5.74) is 0.970. The van der Waals surface area contributed by atoms with Crippen molar-refractivity contribution in [1.29, 1.82) is 0 Å². The highest BCUT2D eigenvalue weighted by molar-refractivity contribution is 5.93. The van der Waals surface area contributed by atoms with Crippen LogP contribution in [0.25, 0.3) is 0 Å². The maximum atomic E-state index is 5.75. The summed E-state index contributed by atoms with van der Waals surface area (Å²) < 4.78 is 10.8. The molecule has 0 spiro atoms. The average Bonchev–Trinajstić information content (AvgIpc) is 2.94. The van der Waals surface area contributed by atoms with Gasteiger partial charge in [0.15, 0.2) is 5.96 Å². The number of methoxy groups -OCH3 is 1. The molecule has 146 valence electrons. The van der Waals surface area contributed by atoms with Crippen molar-refractivity contribution in [3.8, 4) is 5.75 Å². The van der Waals surface area contributed by atoms with Crippen LogP contribution < -0.4 is 15.4 Å². The fourth-order valence-corrected chi connectivity index (χ4v) is 3.06. The average molecular weight is 363 g/mol. The van der Waals surface area contributed by atoms with E-state index >= 15 is 0 Å². The molecule has 6 nitrogen and oxygen atoms in total. The fourth-order valence-electron chi connectivity index (χ4n) is 3.06. The van der Waals surface area contributed by atoms with Crippen molar-refractivity contribution in [3.63, 3.8) is 0 Å². The summed E-state index contributed by atoms with van der Waals surface area (Å²) >= 11 is 0. The van der Waals surface area contributed by atoms with Crippen molar-refractivity contribution < 1.29 is 9.47 Å². The number of nitrogens with zero attached hydrogens (tertiary/aromatic N) is 2. The molecule has 1 aromatic carbocycles. The molecule has 0 amide bonds. The van der Waals surface area contributed by atoms with E-state index in [0.717, 1.165) is 36.9 Å². The summed E-state index contributed by atoms with van der Waals surface area (Å²) in [6, 6.07) is 7.96. The molecule has 0 aromatic heterocycles. The molecule has 1 aliphatic rings. The van der Waals surface area contributed by atoms with Crippen LogP contribution >= 0.6 is 0 Å². The molecule has 0 radical (unpaired) electrons. The highest BCUT2D eigenvalue weighted by Crippen LogP contribution is 2.17. The van der Waals surface area contributed by atoms with Gasteiger partial charge in [-0.25, -0.2) is 0 Å². The fraction of sp³-hybridized carbons (Fsp3) is 0.650. The monoisotopic (exact) mass is 362 g/mol. The first-order chi connectivity index (χ1) is 12.8. The zero-order valence-corrected chi connectivity index (χ0v) is 16.3. The number of benzene rings is 1. The Hall–Kier alpha value is -1.79. The second-order valence-electron chi connectivity index (χ2n) is 6.60. The van der Waals surface area contributed by atoms with Crippen molar-refractivity contribution in [2.45, 2.75) is 32.1 Å². The number of likely N-dealkylation sites (tertiary alicyclic amines) is 1. The molecule has 2 N–H and O–H groups in total. The van der Waals surface area contributed by atoms with Gasteiger partial charge in [-0.05, 0) is 38.1 Å². The Morgan fingerprint density at radius 2 is 1.96 bits per heavy atom. The van der Waals surface area contributed by atoms with E-state index < -0.39 is 0 Å². The molecule has 0 atom stereocenters. The van der Waals surface area contributed by atoms with Crippen molar-refractivity contribution in [1.82, 2.24) is 10.2 Å². The molecule has 0 bridgehead atoms. The molecule has 0 unspecified atom stereocenters. The van der Waals surface area contributed by atoms with E-state index in [4.69, 9.17) is 9.47 Å². The molecule has 0 aliphatic carbocycles. The molecule has 1 aliphatic heterocycles. The second kappa shape index (κ2) is 12.5. The van der Waals surface area contributed by atoms with Crippen LogP contribution in [0.15, 0.2) is 29.3 Å². The van der Waals surface area contributed by atoms with Gasteiger partial charge in [-0.3, -0.25) is 4.99 Å². The summed E-state index contributed by atoms with van der Waals surface area (Å²) in [5, 5.41) is 6.74. The largest absolute Gasteiger partial charge is 0.493 e. The van der Waals surface area contributed by atoms with Crippen LogP contribution in [-0.4, -0.2) is 64.4 Å². The lowest BCUT2D eigenvalue weighted by Gasteiger charge is -2.20. The Morgan fingerprint density at radius 3 is 2.69 bits per heavy atom. The summed E-state index contributed by atoms with van der Waals surface area (Å²) in [5.74, 6) is 1.64. The van der Waals surface area contributed by atoms with Gasteiger partial charge in [0.1, 0.15) is 5.75 Å². The van der Waals surface area contributed by atoms with Crippen molar-refractivity contribution in [2.24, 2.45) is 4.99 Å². The number of hydrogen-bond donors (Lipinski definition) is 2. The Kier molecular flexibility index (Phi) is 9.90. The van der Waals surface area contributed by atoms with E-state index in [0.29, 0.717) is 13.2 Å². The van der Waals surface area contributed by atoms with Crippen LogP contribution in [0.3, 0.4) is 0 Å². The third-order valence-corrected chi connectivity index (χ3v) is 4.50. The van der Waals surface area contributed by atoms with Crippen LogP contribution in [0.2, 0.25) is 0 Å². The van der Waals surface area contributed by atoms with Gasteiger partial charge in [-0.15, -0.1) is 0 Å². The summed E-state index contributed by atoms with van der Waals surface area (Å²) in [6.45, 7) is 5.76. The van der Waals surface area contributed by atoms with Gasteiger partial charge < -0.3 is 25.0 Å². The molecule has 1 heterocycles. The number of anilines is 1. The normalized spacial score (nSPS) is 16.2. The minimum Gasteiger partial charge on any atom is -0.493 e. The standard InChI is InChI=1S/C20H34N4O2/c1-21-20(22-11-14-24-12-5-3-4-6-13-24)23-18-9-7-10-19(17-18)26-16-8-15-25-2/h7,9-10,17H,3-6,8,11-16H2,1-2H3,(H2,21,22,23). The second-order valence-corrected chi connectivity index (χ2v) is 6.60. The molecular weight excluding hydrogens is 328 g/mol. The Morgan fingerprint density at radius 1 is 1.15 bits per heavy atom. The van der Waals surface area contributed by atoms with Crippen LogP contribution in [0, 0.1) is 0 Å². The van der Waals surface area contributed by atoms with Crippen LogP contribution in [-0.2, 0) is 4.74 Å². The van der Waals surface area contributed by atoms with Crippen molar-refractivity contribution in [3.05, 3.63) is 24.3 Å². The quantitative estimate of drug-likeness (QED) is 0.402. The third-order valence-electron chi connectivity index (χ3n) is 4.50. The Bertz CT molecular complexity index is 528. The van der Waals surface area contributed by atoms with Gasteiger partial charge in [0.2, 0.25) is 0 Å². The molecule has 0 saturated carbocycles. The van der Waals surface area contributed by atoms with Crippen molar-refractivity contribution in [2.75, 3.05) is 58.9 Å². The smallest absolute Gasteiger partial charge is 0.195 e. The van der Waals surface area contributed by atoms with E-state index in [1.54, 1.807) is 14.2 Å². The van der Waals surface area contributed by atoms with E-state index in [1.807, 2.05) is 24.3 Å². The molecule has 1 fully saturated rings. The third kappa shape index (κ3) is 8.06. The zero-order valence-electron chi connectivity index (χ0n) is 16.3. The van der Waals surface area contributed by atoms with Crippen LogP contribution in [0.4, 0.5) is 5.69 Å². The van der Waals surface area contributed by atoms with Gasteiger partial charge in [-0.2, -0.15) is 0 Å². The lowest BCUT2D eigenvalue weighted by Crippen LogP contribution is -2.38. The minimum absolute atomic E-state index is 0.653. The molecule has 1 aromatic rings. The first-order valence-electron chi connectivity index (χ1n) is 9.73. The van der Waals surface area contributed by atoms with Gasteiger partial charge in [-0.1, -0.05) is 18.9 Å². The molecule has 1 saturated heterocycles. The number of aliphatic imine (C=N–C) groups is 1. The highest BCUT2D eigenvalue weighted by Gasteiger charge is 2.08. The maximum absolute atomic E-state index is 5.75. The van der Waals surface area contributed by atoms with E-state index in [9.17, 15) is 0 Å². The predicted octanol–water partition coefficient (Wildman–Crippen LogP) is 2.97. The summed E-state index contributed by atoms with van der Waals surface area (Å²) in [6.07, 6.45) is 6.27. The topological polar surface area (TPSA) is 58.1 Å². The van der Waals surface area contributed by atoms with Gasteiger partial charge in [0.05, 0.1) is 6.61 Å². The Labute approximate surface area is 158 Å². The van der Waals surface area contributed by atoms with Crippen LogP contribution in [0.5, 0.6) is 5.75 Å². The molecule has 6 heteroatoms. The SMILES string of the molecule is CN=C(NCCN1CCCCCC1)Nc1cccc(OCCCOC)c1. The lowest BCUT2D eigenvalue weighted by molar-refractivity contribution is 0.172. The van der Waals surface area contributed by atoms with E-state index in [2.05, 4.69) is 20.5 Å². The van der Waals surface area contributed by atoms with Gasteiger partial charge >= 0.3 is 0 Å². The number of ether oxygens (including phenoxy) is 2. The highest BCUT2D eigenvalue weighted by atomic mass is 16.5. The first-order valence-corrected chi connectivity index (χ1v) is 9.73. The van der Waals surface area contributed by atoms with E-state index in [-0.39, 0.29) is 0 Å². The van der Waals surface area contributed by atoms with Gasteiger partial charge in [0, 0.05) is 52.0 Å². The van der Waals surface area contributed by atoms with Crippen molar-refractivity contribution >= 4 is 11.6 Å². The predicted molar refractivity (Wildman–Crippen MR) is 108 cm³/mol.